The van der Waals surface area contributed by atoms with Crippen LogP contribution in [0.25, 0.3) is 33.6 Å². The number of aryl methyl sites for hydroxylation is 2. The minimum Gasteiger partial charge on any atom is -0.494 e. The summed E-state index contributed by atoms with van der Waals surface area (Å²) in [4.78, 5) is 41.8. The summed E-state index contributed by atoms with van der Waals surface area (Å²) < 4.78 is 10.3. The molecular formula is C36H43N7O3. The van der Waals surface area contributed by atoms with E-state index in [1.165, 1.54) is 6.42 Å². The van der Waals surface area contributed by atoms with Gasteiger partial charge in [-0.25, -0.2) is 9.97 Å². The second kappa shape index (κ2) is 10.6. The number of imidazole rings is 1. The van der Waals surface area contributed by atoms with Gasteiger partial charge in [0, 0.05) is 55.6 Å². The fourth-order valence-electron chi connectivity index (χ4n) is 9.36. The molecule has 4 fully saturated rings. The van der Waals surface area contributed by atoms with Crippen molar-refractivity contribution in [3.63, 3.8) is 0 Å². The molecule has 3 saturated heterocycles. The van der Waals surface area contributed by atoms with Crippen molar-refractivity contribution in [1.82, 2.24) is 28.9 Å². The molecule has 7 heterocycles. The van der Waals surface area contributed by atoms with Crippen LogP contribution < -0.4 is 10.5 Å². The molecule has 0 unspecified atom stereocenters. The fourth-order valence-corrected chi connectivity index (χ4v) is 9.36. The van der Waals surface area contributed by atoms with Gasteiger partial charge in [0.15, 0.2) is 5.82 Å². The second-order valence-electron chi connectivity index (χ2n) is 14.4. The third kappa shape index (κ3) is 4.25. The maximum Gasteiger partial charge on any atom is 0.254 e. The zero-order valence-electron chi connectivity index (χ0n) is 26.8. The molecule has 240 valence electrons. The molecule has 10 heteroatoms. The molecule has 0 spiro atoms. The number of piperidine rings is 1. The molecule has 1 aromatic carbocycles. The summed E-state index contributed by atoms with van der Waals surface area (Å²) in [6.45, 7) is 1.72. The molecule has 2 amide bonds. The van der Waals surface area contributed by atoms with Crippen molar-refractivity contribution in [2.45, 2.75) is 94.9 Å². The van der Waals surface area contributed by atoms with Crippen molar-refractivity contribution in [1.29, 1.82) is 0 Å². The molecule has 1 aliphatic carbocycles. The first-order chi connectivity index (χ1) is 22.4. The Morgan fingerprint density at radius 3 is 2.67 bits per heavy atom. The van der Waals surface area contributed by atoms with Crippen LogP contribution in [0.5, 0.6) is 5.75 Å². The summed E-state index contributed by atoms with van der Waals surface area (Å²) >= 11 is 0. The molecule has 0 radical (unpaired) electrons. The Kier molecular flexibility index (Phi) is 6.50. The van der Waals surface area contributed by atoms with Crippen LogP contribution in [0.4, 0.5) is 0 Å². The molecular weight excluding hydrogens is 578 g/mol. The van der Waals surface area contributed by atoms with Gasteiger partial charge in [0.2, 0.25) is 5.91 Å². The Morgan fingerprint density at radius 1 is 1.02 bits per heavy atom. The number of aromatic nitrogens is 4. The van der Waals surface area contributed by atoms with E-state index in [-0.39, 0.29) is 30.1 Å². The van der Waals surface area contributed by atoms with Gasteiger partial charge in [-0.2, -0.15) is 0 Å². The molecule has 4 bridgehead atoms. The quantitative estimate of drug-likeness (QED) is 0.338. The van der Waals surface area contributed by atoms with E-state index in [0.29, 0.717) is 35.5 Å². The summed E-state index contributed by atoms with van der Waals surface area (Å²) in [6.07, 6.45) is 10.0. The first-order valence-electron chi connectivity index (χ1n) is 17.3. The zero-order chi connectivity index (χ0) is 31.3. The summed E-state index contributed by atoms with van der Waals surface area (Å²) in [7, 11) is 3.68. The van der Waals surface area contributed by atoms with Gasteiger partial charge in [0.25, 0.3) is 5.91 Å². The highest BCUT2D eigenvalue weighted by Gasteiger charge is 2.55. The number of nitrogens with two attached hydrogens (primary N) is 1. The molecule has 3 aromatic heterocycles. The molecule has 6 atom stereocenters. The molecule has 2 N–H and O–H groups in total. The van der Waals surface area contributed by atoms with Crippen LogP contribution in [-0.4, -0.2) is 72.5 Å². The third-order valence-corrected chi connectivity index (χ3v) is 11.8. The predicted octanol–water partition coefficient (Wildman–Crippen LogP) is 5.18. The maximum atomic E-state index is 13.8. The van der Waals surface area contributed by atoms with E-state index >= 15 is 0 Å². The number of rotatable bonds is 3. The fraction of sp³-hybridized carbons (Fsp3) is 0.556. The van der Waals surface area contributed by atoms with Crippen LogP contribution in [-0.2, 0) is 18.4 Å². The minimum absolute atomic E-state index is 0.0178. The zero-order valence-corrected chi connectivity index (χ0v) is 26.8. The highest BCUT2D eigenvalue weighted by Crippen LogP contribution is 2.56. The van der Waals surface area contributed by atoms with Crippen LogP contribution >= 0.6 is 0 Å². The number of methoxy groups -OCH3 is 1. The largest absolute Gasteiger partial charge is 0.494 e. The number of pyridine rings is 1. The van der Waals surface area contributed by atoms with Gasteiger partial charge in [-0.05, 0) is 80.7 Å². The Balaban J connectivity index is 1.15. The standard InChI is InChI=1S/C36H43N7O3/c1-40-33-27(15-21(17-30(33)46-2)36(45)43-23-10-12-28(43)25(37)18-23)39-35(40)29-16-20-9-11-26-32-24-14-22(24)19-42(32)31(44)8-6-4-3-5-7-13-41(29)34(20)38-26/h9,11,15-17,22-25,28,32H,3-8,10,12-14,18-19,37H2,1-2H3/t22-,23-,24-,25+,28+,32+/m0/s1. The van der Waals surface area contributed by atoms with E-state index in [4.69, 9.17) is 20.4 Å². The van der Waals surface area contributed by atoms with Gasteiger partial charge >= 0.3 is 0 Å². The van der Waals surface area contributed by atoms with E-state index in [0.717, 1.165) is 104 Å². The van der Waals surface area contributed by atoms with Gasteiger partial charge in [-0.15, -0.1) is 0 Å². The molecule has 10 nitrogen and oxygen atoms in total. The maximum absolute atomic E-state index is 13.8. The number of hydrogen-bond donors (Lipinski definition) is 1. The molecule has 46 heavy (non-hydrogen) atoms. The van der Waals surface area contributed by atoms with Crippen molar-refractivity contribution in [2.24, 2.45) is 24.6 Å². The summed E-state index contributed by atoms with van der Waals surface area (Å²) in [5, 5.41) is 1.07. The number of fused-ring (bicyclic) bond motifs is 8. The van der Waals surface area contributed by atoms with Crippen LogP contribution in [0.1, 0.15) is 86.3 Å². The van der Waals surface area contributed by atoms with E-state index < -0.39 is 0 Å². The monoisotopic (exact) mass is 621 g/mol. The minimum atomic E-state index is 0.0178. The van der Waals surface area contributed by atoms with Crippen LogP contribution in [0.15, 0.2) is 30.3 Å². The number of carbonyl (C=O) groups is 2. The lowest BCUT2D eigenvalue weighted by Crippen LogP contribution is -2.40. The summed E-state index contributed by atoms with van der Waals surface area (Å²) in [5.74, 6) is 2.92. The normalized spacial score (nSPS) is 29.1. The Labute approximate surface area is 268 Å². The molecule has 9 rings (SSSR count). The average Bonchev–Trinajstić information content (AvgIpc) is 3.46. The van der Waals surface area contributed by atoms with Crippen molar-refractivity contribution in [2.75, 3.05) is 13.7 Å². The number of nitrogens with zero attached hydrogens (tertiary/aromatic N) is 6. The second-order valence-corrected chi connectivity index (χ2v) is 14.4. The lowest BCUT2D eigenvalue weighted by molar-refractivity contribution is -0.133. The summed E-state index contributed by atoms with van der Waals surface area (Å²) in [5.41, 5.74) is 11.6. The van der Waals surface area contributed by atoms with Gasteiger partial charge < -0.3 is 29.4 Å². The Hall–Kier alpha value is -3.92. The van der Waals surface area contributed by atoms with E-state index in [1.54, 1.807) is 7.11 Å². The van der Waals surface area contributed by atoms with Crippen LogP contribution in [0, 0.1) is 11.8 Å². The molecule has 5 aliphatic rings. The van der Waals surface area contributed by atoms with Gasteiger partial charge in [-0.1, -0.05) is 19.3 Å². The Morgan fingerprint density at radius 2 is 1.87 bits per heavy atom. The van der Waals surface area contributed by atoms with Gasteiger partial charge in [0.1, 0.15) is 16.9 Å². The number of benzene rings is 1. The van der Waals surface area contributed by atoms with Crippen molar-refractivity contribution in [3.05, 3.63) is 41.6 Å². The topological polar surface area (TPSA) is 112 Å². The SMILES string of the molecule is COc1cc(C(=O)N2[C@H]3CC[C@@H]2[C@H](N)C3)cc2nc(-c3cc4ccc5nc4n3CCCCCCCC(=O)N3C[C@@H]4C[C@@H]4[C@H]53)n(C)c12. The van der Waals surface area contributed by atoms with Gasteiger partial charge in [-0.3, -0.25) is 9.59 Å². The first-order valence-corrected chi connectivity index (χ1v) is 17.3. The highest BCUT2D eigenvalue weighted by molar-refractivity contribution is 6.00. The van der Waals surface area contributed by atoms with E-state index in [1.807, 2.05) is 24.1 Å². The lowest BCUT2D eigenvalue weighted by Gasteiger charge is -2.27. The van der Waals surface area contributed by atoms with Crippen molar-refractivity contribution < 1.29 is 14.3 Å². The smallest absolute Gasteiger partial charge is 0.254 e. The number of hydrogen-bond acceptors (Lipinski definition) is 6. The van der Waals surface area contributed by atoms with Crippen molar-refractivity contribution in [3.8, 4) is 17.3 Å². The number of amides is 2. The molecule has 4 aliphatic heterocycles. The summed E-state index contributed by atoms with van der Waals surface area (Å²) in [6, 6.07) is 10.8. The van der Waals surface area contributed by atoms with E-state index in [9.17, 15) is 9.59 Å². The number of carbonyl (C=O) groups excluding carboxylic acids is 2. The molecule has 4 aromatic rings. The third-order valence-electron chi connectivity index (χ3n) is 11.8. The Bertz CT molecular complexity index is 1890. The first kappa shape index (κ1) is 28.3. The molecule has 1 saturated carbocycles. The van der Waals surface area contributed by atoms with E-state index in [2.05, 4.69) is 32.2 Å². The lowest BCUT2D eigenvalue weighted by atomic mass is 9.97. The van der Waals surface area contributed by atoms with Crippen LogP contribution in [0.3, 0.4) is 0 Å². The average molecular weight is 622 g/mol. The van der Waals surface area contributed by atoms with Crippen molar-refractivity contribution >= 4 is 33.9 Å². The number of ether oxygens (including phenoxy) is 1. The van der Waals surface area contributed by atoms with Gasteiger partial charge in [0.05, 0.1) is 30.1 Å². The highest BCUT2D eigenvalue weighted by atomic mass is 16.5. The van der Waals surface area contributed by atoms with Crippen LogP contribution in [0.2, 0.25) is 0 Å². The predicted molar refractivity (Wildman–Crippen MR) is 175 cm³/mol.